The summed E-state index contributed by atoms with van der Waals surface area (Å²) in [6.45, 7) is 7.35. The quantitative estimate of drug-likeness (QED) is 0.211. The van der Waals surface area contributed by atoms with E-state index < -0.39 is 5.79 Å². The Bertz CT molecular complexity index is 756. The molecule has 2 heterocycles. The van der Waals surface area contributed by atoms with Crippen molar-refractivity contribution in [1.82, 2.24) is 0 Å². The molecule has 0 aliphatic carbocycles. The van der Waals surface area contributed by atoms with Crippen molar-refractivity contribution >= 4 is 5.78 Å². The van der Waals surface area contributed by atoms with Gasteiger partial charge in [0.15, 0.2) is 11.6 Å². The number of methoxy groups -OCH3 is 1. The van der Waals surface area contributed by atoms with Crippen LogP contribution in [0.5, 0.6) is 5.75 Å². The molecule has 0 unspecified atom stereocenters. The largest absolute Gasteiger partial charge is 0.497 e. The Morgan fingerprint density at radius 2 is 1.91 bits per heavy atom. The van der Waals surface area contributed by atoms with Crippen molar-refractivity contribution < 1.29 is 28.5 Å². The molecule has 4 atom stereocenters. The van der Waals surface area contributed by atoms with Gasteiger partial charge in [-0.2, -0.15) is 0 Å². The SMILES string of the molecule is COc1ccc(COCCCC[C@H]2O[C@H]2C(=O)/C=C/CCC[C@@H]2C[C@H](C)OC(C)(C)O2)cc1. The Kier molecular flexibility index (Phi) is 9.93. The van der Waals surface area contributed by atoms with Gasteiger partial charge in [0.25, 0.3) is 0 Å². The van der Waals surface area contributed by atoms with Crippen LogP contribution in [0.4, 0.5) is 0 Å². The number of epoxide rings is 1. The van der Waals surface area contributed by atoms with Gasteiger partial charge in [-0.3, -0.25) is 4.79 Å². The van der Waals surface area contributed by atoms with Crippen LogP contribution in [0.2, 0.25) is 0 Å². The summed E-state index contributed by atoms with van der Waals surface area (Å²) in [6, 6.07) is 7.91. The molecule has 0 saturated carbocycles. The zero-order valence-corrected chi connectivity index (χ0v) is 20.6. The van der Waals surface area contributed by atoms with Crippen LogP contribution < -0.4 is 4.74 Å². The fourth-order valence-electron chi connectivity index (χ4n) is 4.39. The van der Waals surface area contributed by atoms with E-state index in [0.717, 1.165) is 56.3 Å². The van der Waals surface area contributed by atoms with Crippen molar-refractivity contribution in [1.29, 1.82) is 0 Å². The maximum absolute atomic E-state index is 12.3. The molecule has 0 radical (unpaired) electrons. The van der Waals surface area contributed by atoms with Crippen LogP contribution in [-0.2, 0) is 30.3 Å². The molecule has 1 aromatic carbocycles. The fourth-order valence-corrected chi connectivity index (χ4v) is 4.39. The van der Waals surface area contributed by atoms with Crippen molar-refractivity contribution in [3.63, 3.8) is 0 Å². The van der Waals surface area contributed by atoms with E-state index in [9.17, 15) is 4.79 Å². The highest BCUT2D eigenvalue weighted by molar-refractivity contribution is 5.95. The number of allylic oxidation sites excluding steroid dienone is 1. The van der Waals surface area contributed by atoms with Gasteiger partial charge < -0.3 is 23.7 Å². The van der Waals surface area contributed by atoms with Gasteiger partial charge >= 0.3 is 0 Å². The lowest BCUT2D eigenvalue weighted by Gasteiger charge is -2.39. The molecule has 0 N–H and O–H groups in total. The highest BCUT2D eigenvalue weighted by atomic mass is 16.7. The van der Waals surface area contributed by atoms with Crippen molar-refractivity contribution in [2.45, 2.75) is 103 Å². The minimum atomic E-state index is -0.505. The number of hydrogen-bond acceptors (Lipinski definition) is 6. The third-order valence-electron chi connectivity index (χ3n) is 6.03. The minimum Gasteiger partial charge on any atom is -0.497 e. The molecular formula is C27H40O6. The van der Waals surface area contributed by atoms with Crippen LogP contribution in [-0.4, -0.2) is 49.7 Å². The van der Waals surface area contributed by atoms with E-state index in [1.54, 1.807) is 13.2 Å². The molecular weight excluding hydrogens is 420 g/mol. The first-order chi connectivity index (χ1) is 15.9. The Morgan fingerprint density at radius 1 is 1.12 bits per heavy atom. The highest BCUT2D eigenvalue weighted by Gasteiger charge is 2.42. The Morgan fingerprint density at radius 3 is 2.64 bits per heavy atom. The first-order valence-corrected chi connectivity index (χ1v) is 12.3. The standard InChI is InChI=1S/C27H40O6/c1-20-18-23(33-27(2,3)32-20)10-6-5-7-11-24(28)26-25(31-26)12-8-9-17-30-19-21-13-15-22(29-4)16-14-21/h7,11,13-16,20,23,25-26H,5-6,8-10,12,17-19H2,1-4H3/b11-7+/t20-,23+,25+,26-/m0/s1. The Hall–Kier alpha value is -1.73. The summed E-state index contributed by atoms with van der Waals surface area (Å²) < 4.78 is 28.2. The predicted octanol–water partition coefficient (Wildman–Crippen LogP) is 5.38. The molecule has 6 nitrogen and oxygen atoms in total. The second-order valence-corrected chi connectivity index (χ2v) is 9.53. The second-order valence-electron chi connectivity index (χ2n) is 9.53. The number of ether oxygens (including phenoxy) is 5. The van der Waals surface area contributed by atoms with Crippen molar-refractivity contribution in [3.8, 4) is 5.75 Å². The summed E-state index contributed by atoms with van der Waals surface area (Å²) in [7, 11) is 1.66. The van der Waals surface area contributed by atoms with Crippen molar-refractivity contribution in [2.75, 3.05) is 13.7 Å². The summed E-state index contributed by atoms with van der Waals surface area (Å²) in [5.74, 6) is 0.438. The van der Waals surface area contributed by atoms with Gasteiger partial charge in [-0.25, -0.2) is 0 Å². The maximum atomic E-state index is 12.3. The Balaban J connectivity index is 1.19. The molecule has 2 aliphatic heterocycles. The molecule has 2 saturated heterocycles. The van der Waals surface area contributed by atoms with Gasteiger partial charge in [-0.05, 0) is 89.5 Å². The molecule has 0 bridgehead atoms. The third kappa shape index (κ3) is 9.20. The van der Waals surface area contributed by atoms with Crippen molar-refractivity contribution in [3.05, 3.63) is 42.0 Å². The van der Waals surface area contributed by atoms with E-state index in [0.29, 0.717) is 13.2 Å². The zero-order valence-electron chi connectivity index (χ0n) is 20.6. The number of ketones is 1. The molecule has 6 heteroatoms. The molecule has 0 spiro atoms. The topological polar surface area (TPSA) is 66.5 Å². The summed E-state index contributed by atoms with van der Waals surface area (Å²) >= 11 is 0. The molecule has 184 valence electrons. The summed E-state index contributed by atoms with van der Waals surface area (Å²) in [5, 5.41) is 0. The Labute approximate surface area is 198 Å². The van der Waals surface area contributed by atoms with E-state index in [4.69, 9.17) is 23.7 Å². The van der Waals surface area contributed by atoms with E-state index in [1.165, 1.54) is 0 Å². The molecule has 2 aliphatic rings. The van der Waals surface area contributed by atoms with Crippen LogP contribution >= 0.6 is 0 Å². The van der Waals surface area contributed by atoms with Gasteiger partial charge in [0.1, 0.15) is 11.9 Å². The van der Waals surface area contributed by atoms with Gasteiger partial charge in [0.2, 0.25) is 0 Å². The normalized spacial score (nSPS) is 26.4. The average Bonchev–Trinajstić information content (AvgIpc) is 3.54. The van der Waals surface area contributed by atoms with Crippen LogP contribution in [0.1, 0.15) is 71.3 Å². The van der Waals surface area contributed by atoms with Gasteiger partial charge in [0.05, 0.1) is 32.0 Å². The summed E-state index contributed by atoms with van der Waals surface area (Å²) in [6.07, 6.45) is 10.6. The lowest BCUT2D eigenvalue weighted by Crippen LogP contribution is -2.43. The first kappa shape index (κ1) is 25.9. The van der Waals surface area contributed by atoms with E-state index in [1.807, 2.05) is 44.2 Å². The van der Waals surface area contributed by atoms with Gasteiger partial charge in [0, 0.05) is 6.61 Å². The monoisotopic (exact) mass is 460 g/mol. The molecule has 3 rings (SSSR count). The van der Waals surface area contributed by atoms with Crippen LogP contribution in [0.25, 0.3) is 0 Å². The number of rotatable bonds is 14. The number of unbranched alkanes of at least 4 members (excludes halogenated alkanes) is 2. The smallest absolute Gasteiger partial charge is 0.186 e. The first-order valence-electron chi connectivity index (χ1n) is 12.3. The van der Waals surface area contributed by atoms with Crippen LogP contribution in [0.3, 0.4) is 0 Å². The molecule has 0 amide bonds. The van der Waals surface area contributed by atoms with E-state index >= 15 is 0 Å². The lowest BCUT2D eigenvalue weighted by atomic mass is 10.0. The summed E-state index contributed by atoms with van der Waals surface area (Å²) in [5.41, 5.74) is 1.14. The summed E-state index contributed by atoms with van der Waals surface area (Å²) in [4.78, 5) is 12.3. The fraction of sp³-hybridized carbons (Fsp3) is 0.667. The maximum Gasteiger partial charge on any atom is 0.186 e. The number of carbonyl (C=O) groups is 1. The number of benzene rings is 1. The van der Waals surface area contributed by atoms with Gasteiger partial charge in [-0.1, -0.05) is 18.2 Å². The molecule has 0 aromatic heterocycles. The lowest BCUT2D eigenvalue weighted by molar-refractivity contribution is -0.296. The van der Waals surface area contributed by atoms with Crippen molar-refractivity contribution in [2.24, 2.45) is 0 Å². The molecule has 1 aromatic rings. The van der Waals surface area contributed by atoms with Crippen LogP contribution in [0.15, 0.2) is 36.4 Å². The zero-order chi connectivity index (χ0) is 23.7. The third-order valence-corrected chi connectivity index (χ3v) is 6.03. The molecule has 2 fully saturated rings. The predicted molar refractivity (Wildman–Crippen MR) is 127 cm³/mol. The highest BCUT2D eigenvalue weighted by Crippen LogP contribution is 2.30. The second kappa shape index (κ2) is 12.7. The van der Waals surface area contributed by atoms with E-state index in [2.05, 4.69) is 6.92 Å². The number of carbonyl (C=O) groups excluding carboxylic acids is 1. The molecule has 33 heavy (non-hydrogen) atoms. The van der Waals surface area contributed by atoms with E-state index in [-0.39, 0.29) is 30.2 Å². The average molecular weight is 461 g/mol. The van der Waals surface area contributed by atoms with Crippen LogP contribution in [0, 0.1) is 0 Å². The minimum absolute atomic E-state index is 0.0723. The van der Waals surface area contributed by atoms with Gasteiger partial charge in [-0.15, -0.1) is 0 Å². The number of hydrogen-bond donors (Lipinski definition) is 0.